The molecule has 1 aliphatic heterocycles. The van der Waals surface area contributed by atoms with Crippen molar-refractivity contribution in [3.63, 3.8) is 0 Å². The SMILES string of the molecule is N#C/C(C(=O)Nc1ncc(Cc2ccccc2Cl)s1)=C1/S[C@@H](Cc2ccccc2)C(=O)N1c1ccccc1. The maximum absolute atomic E-state index is 13.5. The summed E-state index contributed by atoms with van der Waals surface area (Å²) in [7, 11) is 0. The number of carbonyl (C=O) groups is 2. The molecule has 188 valence electrons. The Kier molecular flexibility index (Phi) is 7.89. The van der Waals surface area contributed by atoms with Crippen molar-refractivity contribution >= 4 is 57.3 Å². The van der Waals surface area contributed by atoms with E-state index in [1.807, 2.05) is 78.9 Å². The minimum absolute atomic E-state index is 0.134. The first kappa shape index (κ1) is 25.7. The van der Waals surface area contributed by atoms with E-state index in [0.29, 0.717) is 33.7 Å². The molecule has 6 nitrogen and oxygen atoms in total. The predicted molar refractivity (Wildman–Crippen MR) is 153 cm³/mol. The van der Waals surface area contributed by atoms with E-state index in [1.165, 1.54) is 28.0 Å². The predicted octanol–water partition coefficient (Wildman–Crippen LogP) is 6.45. The van der Waals surface area contributed by atoms with Crippen LogP contribution < -0.4 is 10.2 Å². The van der Waals surface area contributed by atoms with Gasteiger partial charge in [0.25, 0.3) is 5.91 Å². The van der Waals surface area contributed by atoms with Gasteiger partial charge in [0.05, 0.1) is 5.25 Å². The van der Waals surface area contributed by atoms with Crippen molar-refractivity contribution in [1.82, 2.24) is 4.98 Å². The number of benzene rings is 3. The number of thiazole rings is 1. The number of rotatable bonds is 7. The zero-order valence-corrected chi connectivity index (χ0v) is 22.4. The molecule has 1 N–H and O–H groups in total. The maximum Gasteiger partial charge on any atom is 0.270 e. The number of nitrogens with one attached hydrogen (secondary N) is 1. The van der Waals surface area contributed by atoms with Crippen LogP contribution in [-0.2, 0) is 22.4 Å². The van der Waals surface area contributed by atoms with Crippen molar-refractivity contribution in [1.29, 1.82) is 5.26 Å². The molecular formula is C29H21ClN4O2S2. The van der Waals surface area contributed by atoms with Crippen molar-refractivity contribution in [2.75, 3.05) is 10.2 Å². The molecule has 0 saturated carbocycles. The normalized spacial score (nSPS) is 16.3. The number of para-hydroxylation sites is 1. The number of amides is 2. The average Bonchev–Trinajstić information content (AvgIpc) is 3.50. The highest BCUT2D eigenvalue weighted by atomic mass is 35.5. The summed E-state index contributed by atoms with van der Waals surface area (Å²) >= 11 is 8.83. The largest absolute Gasteiger partial charge is 0.297 e. The lowest BCUT2D eigenvalue weighted by Gasteiger charge is -2.18. The molecule has 2 amide bonds. The zero-order valence-electron chi connectivity index (χ0n) is 20.0. The van der Waals surface area contributed by atoms with Crippen LogP contribution in [0.1, 0.15) is 16.0 Å². The standard InChI is InChI=1S/C29H21ClN4O2S2/c30-24-14-8-7-11-20(24)16-22-18-32-29(37-22)33-26(35)23(17-31)28-34(21-12-5-2-6-13-21)27(36)25(38-28)15-19-9-3-1-4-10-19/h1-14,18,25H,15-16H2,(H,32,33,35)/b28-23-/t25-/m0/s1. The molecule has 5 rings (SSSR count). The summed E-state index contributed by atoms with van der Waals surface area (Å²) in [5.41, 5.74) is 2.43. The molecule has 38 heavy (non-hydrogen) atoms. The van der Waals surface area contributed by atoms with Crippen molar-refractivity contribution in [2.45, 2.75) is 18.1 Å². The third-order valence-corrected chi connectivity index (χ3v) is 8.42. The van der Waals surface area contributed by atoms with Crippen molar-refractivity contribution in [3.8, 4) is 6.07 Å². The van der Waals surface area contributed by atoms with Crippen LogP contribution in [-0.4, -0.2) is 22.0 Å². The summed E-state index contributed by atoms with van der Waals surface area (Å²) in [5, 5.41) is 13.7. The fraction of sp³-hybridized carbons (Fsp3) is 0.103. The molecular weight excluding hydrogens is 536 g/mol. The number of nitriles is 1. The second-order valence-corrected chi connectivity index (χ2v) is 11.2. The van der Waals surface area contributed by atoms with E-state index in [0.717, 1.165) is 16.0 Å². The van der Waals surface area contributed by atoms with E-state index in [1.54, 1.807) is 18.3 Å². The summed E-state index contributed by atoms with van der Waals surface area (Å²) in [6.07, 6.45) is 2.74. The zero-order chi connectivity index (χ0) is 26.5. The van der Waals surface area contributed by atoms with Crippen molar-refractivity contribution in [3.05, 3.63) is 123 Å². The van der Waals surface area contributed by atoms with Crippen LogP contribution in [0.2, 0.25) is 5.02 Å². The number of thioether (sulfide) groups is 1. The molecule has 0 aliphatic carbocycles. The number of hydrogen-bond donors (Lipinski definition) is 1. The number of anilines is 2. The molecule has 1 aromatic heterocycles. The van der Waals surface area contributed by atoms with E-state index in [-0.39, 0.29) is 11.5 Å². The van der Waals surface area contributed by atoms with E-state index in [2.05, 4.69) is 10.3 Å². The molecule has 1 fully saturated rings. The van der Waals surface area contributed by atoms with Gasteiger partial charge in [-0.3, -0.25) is 19.8 Å². The summed E-state index contributed by atoms with van der Waals surface area (Å²) in [6.45, 7) is 0. The Morgan fingerprint density at radius 1 is 1.03 bits per heavy atom. The van der Waals surface area contributed by atoms with E-state index >= 15 is 0 Å². The number of nitrogens with zero attached hydrogens (tertiary/aromatic N) is 3. The summed E-state index contributed by atoms with van der Waals surface area (Å²) in [5.74, 6) is -0.778. The van der Waals surface area contributed by atoms with Crippen molar-refractivity contribution < 1.29 is 9.59 Å². The number of hydrogen-bond acceptors (Lipinski definition) is 6. The van der Waals surface area contributed by atoms with Crippen LogP contribution in [0.5, 0.6) is 0 Å². The Hall–Kier alpha value is -3.90. The topological polar surface area (TPSA) is 86.1 Å². The van der Waals surface area contributed by atoms with Crippen LogP contribution in [0, 0.1) is 11.3 Å². The van der Waals surface area contributed by atoms with E-state index in [4.69, 9.17) is 11.6 Å². The minimum Gasteiger partial charge on any atom is -0.297 e. The monoisotopic (exact) mass is 556 g/mol. The lowest BCUT2D eigenvalue weighted by atomic mass is 10.1. The van der Waals surface area contributed by atoms with Crippen LogP contribution in [0.4, 0.5) is 10.8 Å². The second-order valence-electron chi connectivity index (χ2n) is 8.45. The smallest absolute Gasteiger partial charge is 0.270 e. The van der Waals surface area contributed by atoms with E-state index < -0.39 is 11.2 Å². The Bertz CT molecular complexity index is 1550. The van der Waals surface area contributed by atoms with Gasteiger partial charge in [0.15, 0.2) is 5.13 Å². The van der Waals surface area contributed by atoms with Gasteiger partial charge in [0.1, 0.15) is 16.7 Å². The minimum atomic E-state index is -0.609. The third-order valence-electron chi connectivity index (χ3n) is 5.88. The first-order valence-corrected chi connectivity index (χ1v) is 13.8. The highest BCUT2D eigenvalue weighted by molar-refractivity contribution is 8.05. The molecule has 4 aromatic rings. The quantitative estimate of drug-likeness (QED) is 0.209. The fourth-order valence-electron chi connectivity index (χ4n) is 4.06. The first-order chi connectivity index (χ1) is 18.5. The van der Waals surface area contributed by atoms with Gasteiger partial charge >= 0.3 is 0 Å². The van der Waals surface area contributed by atoms with Crippen molar-refractivity contribution in [2.24, 2.45) is 0 Å². The molecule has 1 saturated heterocycles. The average molecular weight is 557 g/mol. The van der Waals surface area contributed by atoms with Gasteiger partial charge in [0, 0.05) is 28.2 Å². The molecule has 1 aliphatic rings. The lowest BCUT2D eigenvalue weighted by Crippen LogP contribution is -2.30. The first-order valence-electron chi connectivity index (χ1n) is 11.8. The van der Waals surface area contributed by atoms with Gasteiger partial charge in [-0.15, -0.1) is 11.3 Å². The van der Waals surface area contributed by atoms with Gasteiger partial charge in [0.2, 0.25) is 5.91 Å². The van der Waals surface area contributed by atoms with E-state index in [9.17, 15) is 14.9 Å². The van der Waals surface area contributed by atoms with Crippen LogP contribution in [0.25, 0.3) is 0 Å². The molecule has 0 radical (unpaired) electrons. The highest BCUT2D eigenvalue weighted by Gasteiger charge is 2.40. The fourth-order valence-corrected chi connectivity index (χ4v) is 6.40. The van der Waals surface area contributed by atoms with Gasteiger partial charge in [-0.25, -0.2) is 4.98 Å². The summed E-state index contributed by atoms with van der Waals surface area (Å²) in [4.78, 5) is 33.5. The van der Waals surface area contributed by atoms with Crippen LogP contribution >= 0.6 is 34.7 Å². The summed E-state index contributed by atoms with van der Waals surface area (Å²) < 4.78 is 0. The molecule has 0 unspecified atom stereocenters. The third kappa shape index (κ3) is 5.65. The lowest BCUT2D eigenvalue weighted by molar-refractivity contribution is -0.117. The van der Waals surface area contributed by atoms with Crippen LogP contribution in [0.15, 0.2) is 102 Å². The molecule has 1 atom stereocenters. The summed E-state index contributed by atoms with van der Waals surface area (Å²) in [6, 6.07) is 28.3. The van der Waals surface area contributed by atoms with Crippen LogP contribution in [0.3, 0.4) is 0 Å². The van der Waals surface area contributed by atoms with Gasteiger partial charge in [-0.05, 0) is 35.7 Å². The maximum atomic E-state index is 13.5. The van der Waals surface area contributed by atoms with Gasteiger partial charge in [-0.1, -0.05) is 90.1 Å². The molecule has 0 bridgehead atoms. The number of aromatic nitrogens is 1. The molecule has 2 heterocycles. The Labute approximate surface area is 233 Å². The number of halogens is 1. The Balaban J connectivity index is 1.41. The van der Waals surface area contributed by atoms with Gasteiger partial charge in [-0.2, -0.15) is 5.26 Å². The Morgan fingerprint density at radius 2 is 1.71 bits per heavy atom. The van der Waals surface area contributed by atoms with Gasteiger partial charge < -0.3 is 0 Å². The molecule has 0 spiro atoms. The number of carbonyl (C=O) groups excluding carboxylic acids is 2. The Morgan fingerprint density at radius 3 is 2.42 bits per heavy atom. The molecule has 9 heteroatoms. The molecule has 3 aromatic carbocycles. The highest BCUT2D eigenvalue weighted by Crippen LogP contribution is 2.42. The second kappa shape index (κ2) is 11.7.